The molecule has 2 fully saturated rings. The molecule has 0 bridgehead atoms. The number of aliphatic hydroxyl groups excluding tert-OH is 1. The molecule has 1 aromatic rings. The number of carbonyl (C=O) groups excluding carboxylic acids is 1. The molecule has 2 aliphatic rings. The van der Waals surface area contributed by atoms with Crippen molar-refractivity contribution in [1.29, 1.82) is 0 Å². The molecule has 19 heavy (non-hydrogen) atoms. The van der Waals surface area contributed by atoms with Gasteiger partial charge >= 0.3 is 0 Å². The average molecular weight is 259 g/mol. The molecule has 3 nitrogen and oxygen atoms in total. The molecule has 1 aromatic carbocycles. The second kappa shape index (κ2) is 5.33. The number of nitrogens with zero attached hydrogens (tertiary/aromatic N) is 1. The standard InChI is InChI=1S/C16H21NO2/c18-14-8-9-15-13(11-14)7-4-10-17(15)16(19)12-5-2-1-3-6-12/h1-3,5-6,13-15,18H,4,7-11H2/t13-,14?,15-/m0/s1. The molecule has 102 valence electrons. The lowest BCUT2D eigenvalue weighted by Gasteiger charge is -2.45. The second-order valence-electron chi connectivity index (χ2n) is 5.80. The lowest BCUT2D eigenvalue weighted by molar-refractivity contribution is 0.00727. The number of likely N-dealkylation sites (tertiary alicyclic amines) is 1. The maximum Gasteiger partial charge on any atom is 0.254 e. The summed E-state index contributed by atoms with van der Waals surface area (Å²) in [7, 11) is 0. The predicted molar refractivity (Wildman–Crippen MR) is 73.8 cm³/mol. The van der Waals surface area contributed by atoms with Crippen LogP contribution in [0.15, 0.2) is 30.3 Å². The molecule has 1 saturated carbocycles. The number of fused-ring (bicyclic) bond motifs is 1. The molecule has 1 aliphatic heterocycles. The molecule has 1 saturated heterocycles. The number of piperidine rings is 1. The van der Waals surface area contributed by atoms with Crippen LogP contribution in [0.4, 0.5) is 0 Å². The highest BCUT2D eigenvalue weighted by Gasteiger charge is 2.38. The van der Waals surface area contributed by atoms with Crippen LogP contribution in [0.2, 0.25) is 0 Å². The Bertz CT molecular complexity index is 445. The van der Waals surface area contributed by atoms with Crippen LogP contribution < -0.4 is 0 Å². The van der Waals surface area contributed by atoms with Gasteiger partial charge in [-0.2, -0.15) is 0 Å². The smallest absolute Gasteiger partial charge is 0.254 e. The summed E-state index contributed by atoms with van der Waals surface area (Å²) in [5.41, 5.74) is 0.786. The zero-order valence-electron chi connectivity index (χ0n) is 11.2. The topological polar surface area (TPSA) is 40.5 Å². The number of hydrogen-bond acceptors (Lipinski definition) is 2. The SMILES string of the molecule is O=C(c1ccccc1)N1CCC[C@H]2CC(O)CC[C@@H]21. The Morgan fingerprint density at radius 2 is 1.95 bits per heavy atom. The fraction of sp³-hybridized carbons (Fsp3) is 0.562. The monoisotopic (exact) mass is 259 g/mol. The van der Waals surface area contributed by atoms with Crippen LogP contribution in [0, 0.1) is 5.92 Å². The molecular formula is C16H21NO2. The van der Waals surface area contributed by atoms with Gasteiger partial charge in [0.1, 0.15) is 0 Å². The molecule has 1 N–H and O–H groups in total. The van der Waals surface area contributed by atoms with Crippen molar-refractivity contribution in [2.75, 3.05) is 6.54 Å². The Balaban J connectivity index is 1.78. The van der Waals surface area contributed by atoms with Crippen LogP contribution >= 0.6 is 0 Å². The van der Waals surface area contributed by atoms with E-state index in [1.807, 2.05) is 30.3 Å². The molecule has 0 aromatic heterocycles. The van der Waals surface area contributed by atoms with E-state index < -0.39 is 0 Å². The van der Waals surface area contributed by atoms with Gasteiger partial charge in [0.15, 0.2) is 0 Å². The first-order valence-electron chi connectivity index (χ1n) is 7.30. The van der Waals surface area contributed by atoms with E-state index in [-0.39, 0.29) is 12.0 Å². The third-order valence-electron chi connectivity index (χ3n) is 4.57. The van der Waals surface area contributed by atoms with Gasteiger partial charge in [0.25, 0.3) is 5.91 Å². The van der Waals surface area contributed by atoms with Gasteiger partial charge in [0.05, 0.1) is 6.10 Å². The predicted octanol–water partition coefficient (Wildman–Crippen LogP) is 2.45. The van der Waals surface area contributed by atoms with Crippen LogP contribution in [-0.4, -0.2) is 34.6 Å². The number of hydrogen-bond donors (Lipinski definition) is 1. The van der Waals surface area contributed by atoms with E-state index in [4.69, 9.17) is 0 Å². The Morgan fingerprint density at radius 3 is 2.74 bits per heavy atom. The molecule has 3 rings (SSSR count). The van der Waals surface area contributed by atoms with Gasteiger partial charge in [0, 0.05) is 18.2 Å². The number of aliphatic hydroxyl groups is 1. The Kier molecular flexibility index (Phi) is 3.56. The van der Waals surface area contributed by atoms with Gasteiger partial charge in [-0.15, -0.1) is 0 Å². The lowest BCUT2D eigenvalue weighted by atomic mass is 9.77. The molecule has 0 spiro atoms. The van der Waals surface area contributed by atoms with E-state index in [0.29, 0.717) is 12.0 Å². The van der Waals surface area contributed by atoms with Crippen molar-refractivity contribution < 1.29 is 9.90 Å². The van der Waals surface area contributed by atoms with E-state index in [1.165, 1.54) is 0 Å². The van der Waals surface area contributed by atoms with Crippen molar-refractivity contribution in [3.63, 3.8) is 0 Å². The van der Waals surface area contributed by atoms with Gasteiger partial charge < -0.3 is 10.0 Å². The fourth-order valence-corrected chi connectivity index (χ4v) is 3.63. The quantitative estimate of drug-likeness (QED) is 0.841. The molecule has 1 amide bonds. The van der Waals surface area contributed by atoms with Crippen molar-refractivity contribution in [3.05, 3.63) is 35.9 Å². The van der Waals surface area contributed by atoms with E-state index in [2.05, 4.69) is 4.90 Å². The van der Waals surface area contributed by atoms with Crippen molar-refractivity contribution in [2.24, 2.45) is 5.92 Å². The first kappa shape index (κ1) is 12.7. The first-order valence-corrected chi connectivity index (χ1v) is 7.30. The van der Waals surface area contributed by atoms with Crippen LogP contribution in [0.1, 0.15) is 42.5 Å². The maximum absolute atomic E-state index is 12.6. The van der Waals surface area contributed by atoms with E-state index in [9.17, 15) is 9.90 Å². The fourth-order valence-electron chi connectivity index (χ4n) is 3.63. The molecule has 3 atom stereocenters. The summed E-state index contributed by atoms with van der Waals surface area (Å²) in [6.07, 6.45) is 4.70. The Hall–Kier alpha value is -1.35. The minimum atomic E-state index is -0.159. The first-order chi connectivity index (χ1) is 9.25. The van der Waals surface area contributed by atoms with E-state index in [1.54, 1.807) is 0 Å². The molecule has 1 heterocycles. The molecule has 3 heteroatoms. The zero-order valence-corrected chi connectivity index (χ0v) is 11.2. The van der Waals surface area contributed by atoms with Gasteiger partial charge in [-0.05, 0) is 50.2 Å². The molecule has 1 aliphatic carbocycles. The molecule has 0 radical (unpaired) electrons. The van der Waals surface area contributed by atoms with Crippen LogP contribution in [-0.2, 0) is 0 Å². The summed E-state index contributed by atoms with van der Waals surface area (Å²) in [6, 6.07) is 9.89. The normalized spacial score (nSPS) is 30.8. The van der Waals surface area contributed by atoms with Gasteiger partial charge in [-0.3, -0.25) is 4.79 Å². The van der Waals surface area contributed by atoms with Crippen molar-refractivity contribution >= 4 is 5.91 Å². The lowest BCUT2D eigenvalue weighted by Crippen LogP contribution is -2.51. The largest absolute Gasteiger partial charge is 0.393 e. The van der Waals surface area contributed by atoms with Gasteiger partial charge in [-0.1, -0.05) is 18.2 Å². The van der Waals surface area contributed by atoms with Gasteiger partial charge in [-0.25, -0.2) is 0 Å². The third kappa shape index (κ3) is 2.52. The highest BCUT2D eigenvalue weighted by atomic mass is 16.3. The van der Waals surface area contributed by atoms with E-state index in [0.717, 1.165) is 44.2 Å². The summed E-state index contributed by atoms with van der Waals surface area (Å²) in [5.74, 6) is 0.650. The second-order valence-corrected chi connectivity index (χ2v) is 5.80. The summed E-state index contributed by atoms with van der Waals surface area (Å²) in [6.45, 7) is 0.866. The summed E-state index contributed by atoms with van der Waals surface area (Å²) < 4.78 is 0. The summed E-state index contributed by atoms with van der Waals surface area (Å²) in [4.78, 5) is 14.7. The minimum absolute atomic E-state index is 0.159. The van der Waals surface area contributed by atoms with Crippen molar-refractivity contribution in [3.8, 4) is 0 Å². The number of rotatable bonds is 1. The van der Waals surface area contributed by atoms with Crippen LogP contribution in [0.25, 0.3) is 0 Å². The highest BCUT2D eigenvalue weighted by molar-refractivity contribution is 5.94. The number of carbonyl (C=O) groups is 1. The van der Waals surface area contributed by atoms with Gasteiger partial charge in [0.2, 0.25) is 0 Å². The molecular weight excluding hydrogens is 238 g/mol. The van der Waals surface area contributed by atoms with Crippen molar-refractivity contribution in [1.82, 2.24) is 4.90 Å². The summed E-state index contributed by atoms with van der Waals surface area (Å²) >= 11 is 0. The number of amides is 1. The Morgan fingerprint density at radius 1 is 1.16 bits per heavy atom. The molecule has 1 unspecified atom stereocenters. The number of benzene rings is 1. The van der Waals surface area contributed by atoms with Crippen LogP contribution in [0.3, 0.4) is 0 Å². The highest BCUT2D eigenvalue weighted by Crippen LogP contribution is 2.36. The minimum Gasteiger partial charge on any atom is -0.393 e. The van der Waals surface area contributed by atoms with E-state index >= 15 is 0 Å². The average Bonchev–Trinajstić information content (AvgIpc) is 2.46. The zero-order chi connectivity index (χ0) is 13.2. The van der Waals surface area contributed by atoms with Crippen molar-refractivity contribution in [2.45, 2.75) is 44.2 Å². The summed E-state index contributed by atoms with van der Waals surface area (Å²) in [5, 5.41) is 9.79. The maximum atomic E-state index is 12.6. The third-order valence-corrected chi connectivity index (χ3v) is 4.57. The van der Waals surface area contributed by atoms with Crippen LogP contribution in [0.5, 0.6) is 0 Å². The Labute approximate surface area is 114 Å².